The quantitative estimate of drug-likeness (QED) is 0.796. The smallest absolute Gasteiger partial charge is 0.227 e. The number of thiophene rings is 1. The van der Waals surface area contributed by atoms with Gasteiger partial charge in [-0.05, 0) is 38.7 Å². The Kier molecular flexibility index (Phi) is 3.69. The molecule has 3 aromatic rings. The van der Waals surface area contributed by atoms with E-state index < -0.39 is 0 Å². The van der Waals surface area contributed by atoms with Gasteiger partial charge in [0.05, 0.1) is 11.5 Å². The van der Waals surface area contributed by atoms with Gasteiger partial charge >= 0.3 is 0 Å². The highest BCUT2D eigenvalue weighted by Crippen LogP contribution is 2.33. The van der Waals surface area contributed by atoms with E-state index in [1.807, 2.05) is 11.4 Å². The van der Waals surface area contributed by atoms with Gasteiger partial charge < -0.3 is 10.1 Å². The van der Waals surface area contributed by atoms with Gasteiger partial charge in [-0.15, -0.1) is 16.4 Å². The van der Waals surface area contributed by atoms with Crippen LogP contribution in [-0.2, 0) is 11.2 Å². The van der Waals surface area contributed by atoms with Crippen molar-refractivity contribution < 1.29 is 4.74 Å². The lowest BCUT2D eigenvalue weighted by molar-refractivity contribution is 0.120. The monoisotopic (exact) mass is 331 g/mol. The lowest BCUT2D eigenvalue weighted by Crippen LogP contribution is -2.20. The molecule has 7 heteroatoms. The maximum atomic E-state index is 5.69. The predicted molar refractivity (Wildman–Crippen MR) is 92.5 cm³/mol. The molecule has 4 heterocycles. The summed E-state index contributed by atoms with van der Waals surface area (Å²) in [5.74, 6) is 1.52. The minimum Gasteiger partial charge on any atom is -0.376 e. The van der Waals surface area contributed by atoms with E-state index in [1.54, 1.807) is 11.3 Å². The van der Waals surface area contributed by atoms with E-state index in [9.17, 15) is 0 Å². The molecule has 4 rings (SSSR count). The summed E-state index contributed by atoms with van der Waals surface area (Å²) in [7, 11) is 0. The van der Waals surface area contributed by atoms with E-state index in [2.05, 4.69) is 29.2 Å². The summed E-state index contributed by atoms with van der Waals surface area (Å²) >= 11 is 1.76. The van der Waals surface area contributed by atoms with Crippen LogP contribution < -0.4 is 5.32 Å². The van der Waals surface area contributed by atoms with Crippen molar-refractivity contribution in [3.05, 3.63) is 16.3 Å². The molecular formula is C16H21N5OS. The summed E-state index contributed by atoms with van der Waals surface area (Å²) in [6.45, 7) is 7.88. The molecule has 0 radical (unpaired) electrons. The normalized spacial score (nSPS) is 18.3. The van der Waals surface area contributed by atoms with Gasteiger partial charge in [-0.3, -0.25) is 0 Å². The molecule has 122 valence electrons. The maximum Gasteiger partial charge on any atom is 0.227 e. The minimum absolute atomic E-state index is 0.267. The van der Waals surface area contributed by atoms with Crippen LogP contribution in [0.25, 0.3) is 15.9 Å². The molecule has 1 fully saturated rings. The molecule has 0 saturated carbocycles. The highest BCUT2D eigenvalue weighted by molar-refractivity contribution is 7.19. The van der Waals surface area contributed by atoms with Gasteiger partial charge in [0, 0.05) is 18.0 Å². The number of aryl methyl sites for hydroxylation is 3. The topological polar surface area (TPSA) is 64.3 Å². The molecule has 0 aromatic carbocycles. The fourth-order valence-corrected chi connectivity index (χ4v) is 4.33. The fourth-order valence-electron chi connectivity index (χ4n) is 3.22. The zero-order valence-corrected chi connectivity index (χ0v) is 14.5. The summed E-state index contributed by atoms with van der Waals surface area (Å²) in [5, 5.41) is 9.08. The van der Waals surface area contributed by atoms with E-state index in [0.717, 1.165) is 60.1 Å². The Morgan fingerprint density at radius 3 is 2.96 bits per heavy atom. The number of hydrogen-bond acceptors (Lipinski definition) is 6. The Morgan fingerprint density at radius 1 is 1.35 bits per heavy atom. The third kappa shape index (κ3) is 2.48. The standard InChI is InChI=1S/C16H21N5OS/c1-4-12-9(2)13-14-18-10(3)20-21(14)16(19-15(13)23-12)17-8-11-6-5-7-22-11/h11H,4-8H2,1-3H3,(H,17,19)/t11-/m1/s1. The number of nitrogens with zero attached hydrogens (tertiary/aromatic N) is 4. The third-order valence-corrected chi connectivity index (χ3v) is 5.73. The summed E-state index contributed by atoms with van der Waals surface area (Å²) in [6.07, 6.45) is 3.53. The number of nitrogens with one attached hydrogen (secondary N) is 1. The van der Waals surface area contributed by atoms with Gasteiger partial charge in [0.1, 0.15) is 10.7 Å². The van der Waals surface area contributed by atoms with E-state index in [-0.39, 0.29) is 6.10 Å². The van der Waals surface area contributed by atoms with Gasteiger partial charge in [-0.2, -0.15) is 4.52 Å². The Morgan fingerprint density at radius 2 is 2.22 bits per heavy atom. The number of anilines is 1. The second-order valence-corrected chi connectivity index (χ2v) is 7.11. The Balaban J connectivity index is 1.81. The predicted octanol–water partition coefficient (Wildman–Crippen LogP) is 3.11. The van der Waals surface area contributed by atoms with E-state index >= 15 is 0 Å². The first-order valence-electron chi connectivity index (χ1n) is 8.18. The highest BCUT2D eigenvalue weighted by atomic mass is 32.1. The van der Waals surface area contributed by atoms with Gasteiger partial charge in [-0.1, -0.05) is 6.92 Å². The molecule has 3 aromatic heterocycles. The van der Waals surface area contributed by atoms with Gasteiger partial charge in [0.2, 0.25) is 5.95 Å². The summed E-state index contributed by atoms with van der Waals surface area (Å²) in [5.41, 5.74) is 2.18. The van der Waals surface area contributed by atoms with Crippen LogP contribution in [0.2, 0.25) is 0 Å². The van der Waals surface area contributed by atoms with Crippen molar-refractivity contribution >= 4 is 33.1 Å². The summed E-state index contributed by atoms with van der Waals surface area (Å²) in [4.78, 5) is 11.9. The molecule has 1 aliphatic rings. The van der Waals surface area contributed by atoms with Crippen molar-refractivity contribution in [1.29, 1.82) is 0 Å². The maximum absolute atomic E-state index is 5.69. The number of ether oxygens (including phenoxy) is 1. The molecular weight excluding hydrogens is 310 g/mol. The van der Waals surface area contributed by atoms with E-state index in [1.165, 1.54) is 10.4 Å². The van der Waals surface area contributed by atoms with Crippen molar-refractivity contribution in [1.82, 2.24) is 19.6 Å². The average Bonchev–Trinajstić information content (AvgIpc) is 3.23. The molecule has 0 spiro atoms. The van der Waals surface area contributed by atoms with Crippen molar-refractivity contribution in [2.75, 3.05) is 18.5 Å². The van der Waals surface area contributed by atoms with Crippen LogP contribution in [0.5, 0.6) is 0 Å². The first-order chi connectivity index (χ1) is 11.2. The molecule has 0 unspecified atom stereocenters. The second-order valence-electron chi connectivity index (χ2n) is 6.03. The minimum atomic E-state index is 0.267. The van der Waals surface area contributed by atoms with E-state index in [0.29, 0.717) is 0 Å². The fraction of sp³-hybridized carbons (Fsp3) is 0.562. The van der Waals surface area contributed by atoms with Crippen LogP contribution in [0.1, 0.15) is 36.0 Å². The van der Waals surface area contributed by atoms with Crippen LogP contribution in [0.15, 0.2) is 0 Å². The lowest BCUT2D eigenvalue weighted by atomic mass is 10.2. The van der Waals surface area contributed by atoms with Crippen molar-refractivity contribution in [2.24, 2.45) is 0 Å². The first kappa shape index (κ1) is 14.8. The van der Waals surface area contributed by atoms with Gasteiger partial charge in [0.15, 0.2) is 5.65 Å². The second kappa shape index (κ2) is 5.72. The number of hydrogen-bond donors (Lipinski definition) is 1. The highest BCUT2D eigenvalue weighted by Gasteiger charge is 2.20. The SMILES string of the molecule is CCc1sc2nc(NC[C@H]3CCCO3)n3nc(C)nc3c2c1C. The third-order valence-electron chi connectivity index (χ3n) is 4.40. The average molecular weight is 331 g/mol. The van der Waals surface area contributed by atoms with Gasteiger partial charge in [-0.25, -0.2) is 9.97 Å². The van der Waals surface area contributed by atoms with Crippen molar-refractivity contribution in [3.8, 4) is 0 Å². The van der Waals surface area contributed by atoms with Crippen LogP contribution in [-0.4, -0.2) is 38.8 Å². The Hall–Kier alpha value is -1.73. The molecule has 23 heavy (non-hydrogen) atoms. The molecule has 1 atom stereocenters. The molecule has 0 bridgehead atoms. The van der Waals surface area contributed by atoms with Crippen LogP contribution in [0.3, 0.4) is 0 Å². The van der Waals surface area contributed by atoms with E-state index in [4.69, 9.17) is 9.72 Å². The zero-order valence-electron chi connectivity index (χ0n) is 13.7. The molecule has 1 saturated heterocycles. The number of aromatic nitrogens is 4. The first-order valence-corrected chi connectivity index (χ1v) is 9.00. The van der Waals surface area contributed by atoms with Crippen LogP contribution >= 0.6 is 11.3 Å². The lowest BCUT2D eigenvalue weighted by Gasteiger charge is -2.12. The largest absolute Gasteiger partial charge is 0.376 e. The number of fused-ring (bicyclic) bond motifs is 3. The molecule has 1 aliphatic heterocycles. The molecule has 1 N–H and O–H groups in total. The van der Waals surface area contributed by atoms with Crippen molar-refractivity contribution in [3.63, 3.8) is 0 Å². The zero-order chi connectivity index (χ0) is 16.0. The summed E-state index contributed by atoms with van der Waals surface area (Å²) in [6, 6.07) is 0. The number of rotatable bonds is 4. The molecule has 0 amide bonds. The Labute approximate surface area is 138 Å². The Bertz CT molecular complexity index is 862. The summed E-state index contributed by atoms with van der Waals surface area (Å²) < 4.78 is 7.53. The van der Waals surface area contributed by atoms with Crippen LogP contribution in [0, 0.1) is 13.8 Å². The van der Waals surface area contributed by atoms with Crippen molar-refractivity contribution in [2.45, 2.75) is 46.1 Å². The van der Waals surface area contributed by atoms with Crippen LogP contribution in [0.4, 0.5) is 5.95 Å². The molecule has 0 aliphatic carbocycles. The van der Waals surface area contributed by atoms with Gasteiger partial charge in [0.25, 0.3) is 0 Å². The molecule has 6 nitrogen and oxygen atoms in total.